The minimum Gasteiger partial charge on any atom is -0.334 e. The lowest BCUT2D eigenvalue weighted by Gasteiger charge is -2.14. The van der Waals surface area contributed by atoms with E-state index < -0.39 is 5.69 Å². The van der Waals surface area contributed by atoms with Crippen molar-refractivity contribution in [2.24, 2.45) is 0 Å². The molecule has 0 saturated heterocycles. The average Bonchev–Trinajstić information content (AvgIpc) is 2.88. The van der Waals surface area contributed by atoms with Gasteiger partial charge < -0.3 is 4.90 Å². The van der Waals surface area contributed by atoms with Crippen LogP contribution in [0.1, 0.15) is 21.1 Å². The number of hydrogen-bond donors (Lipinski definition) is 2. The van der Waals surface area contributed by atoms with Gasteiger partial charge in [-0.3, -0.25) is 9.78 Å². The number of carbonyl (C=O) groups is 1. The average molecular weight is 252 g/mol. The maximum absolute atomic E-state index is 11.9. The van der Waals surface area contributed by atoms with Gasteiger partial charge in [0.25, 0.3) is 5.91 Å². The highest BCUT2D eigenvalue weighted by Gasteiger charge is 2.16. The van der Waals surface area contributed by atoms with Crippen LogP contribution in [0.2, 0.25) is 0 Å². The Morgan fingerprint density at radius 3 is 2.88 bits per heavy atom. The molecule has 90 valence electrons. The second-order valence-corrected chi connectivity index (χ2v) is 4.72. The molecule has 2 heterocycles. The molecule has 0 aliphatic heterocycles. The van der Waals surface area contributed by atoms with Gasteiger partial charge in [-0.25, -0.2) is 9.89 Å². The second kappa shape index (κ2) is 4.54. The summed E-state index contributed by atoms with van der Waals surface area (Å²) in [4.78, 5) is 27.7. The van der Waals surface area contributed by atoms with Crippen molar-refractivity contribution in [3.8, 4) is 0 Å². The first kappa shape index (κ1) is 11.6. The van der Waals surface area contributed by atoms with Crippen molar-refractivity contribution in [1.29, 1.82) is 0 Å². The van der Waals surface area contributed by atoms with Gasteiger partial charge in [-0.2, -0.15) is 0 Å². The molecule has 0 atom stereocenters. The molecule has 0 aliphatic rings. The molecule has 0 aliphatic carbocycles. The molecule has 0 aromatic carbocycles. The first-order chi connectivity index (χ1) is 8.08. The van der Waals surface area contributed by atoms with Crippen LogP contribution in [-0.2, 0) is 6.54 Å². The number of aromatic amines is 2. The lowest BCUT2D eigenvalue weighted by molar-refractivity contribution is 0.0774. The van der Waals surface area contributed by atoms with E-state index in [9.17, 15) is 9.59 Å². The highest BCUT2D eigenvalue weighted by atomic mass is 32.1. The number of nitrogens with one attached hydrogen (secondary N) is 2. The lowest BCUT2D eigenvalue weighted by atomic mass is 10.3. The minimum absolute atomic E-state index is 0.0340. The normalized spacial score (nSPS) is 10.5. The Hall–Kier alpha value is -1.89. The smallest absolute Gasteiger partial charge is 0.334 e. The Labute approximate surface area is 101 Å². The number of nitrogens with zero attached hydrogens (tertiary/aromatic N) is 2. The van der Waals surface area contributed by atoms with E-state index in [2.05, 4.69) is 15.2 Å². The molecule has 0 radical (unpaired) electrons. The number of aryl methyl sites for hydroxylation is 1. The molecular weight excluding hydrogens is 240 g/mol. The summed E-state index contributed by atoms with van der Waals surface area (Å²) in [5.41, 5.74) is 0.680. The molecule has 2 aromatic heterocycles. The lowest BCUT2D eigenvalue weighted by Crippen LogP contribution is -2.27. The molecule has 0 bridgehead atoms. The Bertz CT molecular complexity index is 583. The van der Waals surface area contributed by atoms with Crippen molar-refractivity contribution >= 4 is 17.2 Å². The van der Waals surface area contributed by atoms with E-state index >= 15 is 0 Å². The fourth-order valence-corrected chi connectivity index (χ4v) is 2.36. The fraction of sp³-hybridized carbons (Fsp3) is 0.300. The number of hydrogen-bond acceptors (Lipinski definition) is 4. The van der Waals surface area contributed by atoms with Gasteiger partial charge in [0.1, 0.15) is 0 Å². The molecule has 1 amide bonds. The SMILES string of the molecule is Cc1ccsc1CN(C)C(=O)c1n[nH]c(=O)[nH]1. The van der Waals surface area contributed by atoms with Crippen LogP contribution in [-0.4, -0.2) is 33.0 Å². The van der Waals surface area contributed by atoms with Gasteiger partial charge in [0.05, 0.1) is 6.54 Å². The summed E-state index contributed by atoms with van der Waals surface area (Å²) in [7, 11) is 1.68. The Morgan fingerprint density at radius 1 is 1.59 bits per heavy atom. The van der Waals surface area contributed by atoms with Gasteiger partial charge in [0, 0.05) is 11.9 Å². The second-order valence-electron chi connectivity index (χ2n) is 3.71. The van der Waals surface area contributed by atoms with Crippen LogP contribution in [0.25, 0.3) is 0 Å². The molecule has 0 saturated carbocycles. The van der Waals surface area contributed by atoms with E-state index in [-0.39, 0.29) is 11.7 Å². The van der Waals surface area contributed by atoms with Crippen molar-refractivity contribution < 1.29 is 4.79 Å². The van der Waals surface area contributed by atoms with E-state index in [1.807, 2.05) is 18.4 Å². The van der Waals surface area contributed by atoms with Crippen LogP contribution in [0.5, 0.6) is 0 Å². The standard InChI is InChI=1S/C10H12N4O2S/c1-6-3-4-17-7(6)5-14(2)9(15)8-11-10(16)13-12-8/h3-4H,5H2,1-2H3,(H2,11,12,13,16). The number of aromatic nitrogens is 3. The highest BCUT2D eigenvalue weighted by molar-refractivity contribution is 7.10. The summed E-state index contributed by atoms with van der Waals surface area (Å²) < 4.78 is 0. The van der Waals surface area contributed by atoms with Crippen LogP contribution in [0, 0.1) is 6.92 Å². The topological polar surface area (TPSA) is 81.8 Å². The minimum atomic E-state index is -0.478. The zero-order chi connectivity index (χ0) is 12.4. The third kappa shape index (κ3) is 2.44. The van der Waals surface area contributed by atoms with E-state index in [0.29, 0.717) is 6.54 Å². The Morgan fingerprint density at radius 2 is 2.35 bits per heavy atom. The van der Waals surface area contributed by atoms with Crippen LogP contribution in [0.4, 0.5) is 0 Å². The molecular formula is C10H12N4O2S. The monoisotopic (exact) mass is 252 g/mol. The maximum Gasteiger partial charge on any atom is 0.341 e. The van der Waals surface area contributed by atoms with Gasteiger partial charge in [-0.05, 0) is 23.9 Å². The molecule has 17 heavy (non-hydrogen) atoms. The first-order valence-corrected chi connectivity index (χ1v) is 5.89. The van der Waals surface area contributed by atoms with E-state index in [1.54, 1.807) is 18.4 Å². The van der Waals surface area contributed by atoms with E-state index in [1.165, 1.54) is 4.90 Å². The van der Waals surface area contributed by atoms with Gasteiger partial charge in [0.2, 0.25) is 5.82 Å². The van der Waals surface area contributed by atoms with E-state index in [4.69, 9.17) is 0 Å². The number of rotatable bonds is 3. The fourth-order valence-electron chi connectivity index (χ4n) is 1.41. The zero-order valence-corrected chi connectivity index (χ0v) is 10.3. The molecule has 2 N–H and O–H groups in total. The third-order valence-corrected chi connectivity index (χ3v) is 3.41. The number of amides is 1. The van der Waals surface area contributed by atoms with Crippen LogP contribution in [0.3, 0.4) is 0 Å². The van der Waals surface area contributed by atoms with Gasteiger partial charge in [-0.15, -0.1) is 16.4 Å². The first-order valence-electron chi connectivity index (χ1n) is 5.01. The van der Waals surface area contributed by atoms with Crippen LogP contribution >= 0.6 is 11.3 Å². The van der Waals surface area contributed by atoms with Crippen molar-refractivity contribution in [3.05, 3.63) is 38.2 Å². The molecule has 6 nitrogen and oxygen atoms in total. The summed E-state index contributed by atoms with van der Waals surface area (Å²) >= 11 is 1.60. The summed E-state index contributed by atoms with van der Waals surface area (Å²) in [6, 6.07) is 2.01. The number of thiophene rings is 1. The number of H-pyrrole nitrogens is 2. The van der Waals surface area contributed by atoms with Gasteiger partial charge >= 0.3 is 5.69 Å². The maximum atomic E-state index is 11.9. The van der Waals surface area contributed by atoms with Crippen molar-refractivity contribution in [1.82, 2.24) is 20.1 Å². The van der Waals surface area contributed by atoms with Crippen molar-refractivity contribution in [2.75, 3.05) is 7.05 Å². The summed E-state index contributed by atoms with van der Waals surface area (Å²) in [5, 5.41) is 7.76. The predicted octanol–water partition coefficient (Wildman–Crippen LogP) is 0.740. The number of carbonyl (C=O) groups excluding carboxylic acids is 1. The Kier molecular flexibility index (Phi) is 3.10. The quantitative estimate of drug-likeness (QED) is 0.845. The molecule has 0 unspecified atom stereocenters. The summed E-state index contributed by atoms with van der Waals surface area (Å²) in [6.45, 7) is 2.51. The van der Waals surface area contributed by atoms with Crippen LogP contribution in [0.15, 0.2) is 16.2 Å². The van der Waals surface area contributed by atoms with Gasteiger partial charge in [0.15, 0.2) is 0 Å². The molecule has 2 aromatic rings. The van der Waals surface area contributed by atoms with Crippen molar-refractivity contribution in [3.63, 3.8) is 0 Å². The molecule has 7 heteroatoms. The third-order valence-electron chi connectivity index (χ3n) is 2.40. The molecule has 2 rings (SSSR count). The molecule has 0 fully saturated rings. The Balaban J connectivity index is 2.11. The molecule has 0 spiro atoms. The predicted molar refractivity (Wildman–Crippen MR) is 64.1 cm³/mol. The largest absolute Gasteiger partial charge is 0.341 e. The summed E-state index contributed by atoms with van der Waals surface area (Å²) in [6.07, 6.45) is 0. The van der Waals surface area contributed by atoms with E-state index in [0.717, 1.165) is 10.4 Å². The van der Waals surface area contributed by atoms with Crippen molar-refractivity contribution in [2.45, 2.75) is 13.5 Å². The van der Waals surface area contributed by atoms with Gasteiger partial charge in [-0.1, -0.05) is 0 Å². The highest BCUT2D eigenvalue weighted by Crippen LogP contribution is 2.17. The zero-order valence-electron chi connectivity index (χ0n) is 9.48. The van der Waals surface area contributed by atoms with Crippen LogP contribution < -0.4 is 5.69 Å². The summed E-state index contributed by atoms with van der Waals surface area (Å²) in [5.74, 6) is -0.275.